The molecule has 1 aliphatic carbocycles. The number of halogens is 1. The van der Waals surface area contributed by atoms with Crippen LogP contribution in [0.15, 0.2) is 12.3 Å². The summed E-state index contributed by atoms with van der Waals surface area (Å²) in [5.41, 5.74) is -0.459. The second kappa shape index (κ2) is 5.68. The number of aromatic nitrogens is 2. The summed E-state index contributed by atoms with van der Waals surface area (Å²) < 4.78 is 8.15. The van der Waals surface area contributed by atoms with Crippen LogP contribution in [0.1, 0.15) is 33.6 Å². The van der Waals surface area contributed by atoms with Crippen LogP contribution < -0.4 is 5.32 Å². The van der Waals surface area contributed by atoms with E-state index in [-0.39, 0.29) is 12.1 Å². The van der Waals surface area contributed by atoms with Gasteiger partial charge in [0, 0.05) is 6.20 Å². The summed E-state index contributed by atoms with van der Waals surface area (Å²) >= 11 is 2.18. The molecule has 1 fully saturated rings. The first-order chi connectivity index (χ1) is 8.83. The van der Waals surface area contributed by atoms with E-state index < -0.39 is 5.60 Å². The predicted molar refractivity (Wildman–Crippen MR) is 80.8 cm³/mol. The lowest BCUT2D eigenvalue weighted by atomic mass is 10.2. The number of rotatable bonds is 4. The molecule has 0 aliphatic heterocycles. The first-order valence-electron chi connectivity index (χ1n) is 6.52. The van der Waals surface area contributed by atoms with Gasteiger partial charge in [-0.3, -0.25) is 4.68 Å². The molecular formula is C13H20IN3O2. The molecule has 19 heavy (non-hydrogen) atoms. The van der Waals surface area contributed by atoms with Crippen LogP contribution in [-0.2, 0) is 11.3 Å². The molecule has 106 valence electrons. The third kappa shape index (κ3) is 5.00. The SMILES string of the molecule is CC(C)(C)OC(=O)NC(Cn1ccc(I)n1)C1CC1. The fourth-order valence-corrected chi connectivity index (χ4v) is 2.35. The zero-order valence-corrected chi connectivity index (χ0v) is 13.7. The summed E-state index contributed by atoms with van der Waals surface area (Å²) in [7, 11) is 0. The smallest absolute Gasteiger partial charge is 0.407 e. The normalized spacial score (nSPS) is 17.1. The molecule has 1 aromatic heterocycles. The van der Waals surface area contributed by atoms with Gasteiger partial charge in [0.25, 0.3) is 0 Å². The van der Waals surface area contributed by atoms with Crippen molar-refractivity contribution in [2.45, 2.75) is 51.8 Å². The second-order valence-electron chi connectivity index (χ2n) is 5.95. The Morgan fingerprint density at radius 2 is 2.32 bits per heavy atom. The van der Waals surface area contributed by atoms with Crippen molar-refractivity contribution in [3.8, 4) is 0 Å². The summed E-state index contributed by atoms with van der Waals surface area (Å²) in [5, 5.41) is 7.32. The standard InChI is InChI=1S/C13H20IN3O2/c1-13(2,3)19-12(18)15-10(9-4-5-9)8-17-7-6-11(14)16-17/h6-7,9-10H,4-5,8H2,1-3H3,(H,15,18). The zero-order chi connectivity index (χ0) is 14.0. The molecule has 1 unspecified atom stereocenters. The third-order valence-corrected chi connectivity index (χ3v) is 3.46. The number of carbonyl (C=O) groups excluding carboxylic acids is 1. The van der Waals surface area contributed by atoms with E-state index in [0.29, 0.717) is 12.5 Å². The van der Waals surface area contributed by atoms with Crippen LogP contribution >= 0.6 is 22.6 Å². The monoisotopic (exact) mass is 377 g/mol. The lowest BCUT2D eigenvalue weighted by Crippen LogP contribution is -2.42. The minimum atomic E-state index is -0.459. The number of carbonyl (C=O) groups is 1. The second-order valence-corrected chi connectivity index (χ2v) is 7.06. The fraction of sp³-hybridized carbons (Fsp3) is 0.692. The number of amides is 1. The Bertz CT molecular complexity index is 449. The Kier molecular flexibility index (Phi) is 4.37. The third-order valence-electron chi connectivity index (χ3n) is 2.89. The van der Waals surface area contributed by atoms with Crippen molar-refractivity contribution in [1.29, 1.82) is 0 Å². The molecule has 1 saturated carbocycles. The Morgan fingerprint density at radius 3 is 2.79 bits per heavy atom. The van der Waals surface area contributed by atoms with Crippen LogP contribution in [-0.4, -0.2) is 27.5 Å². The van der Waals surface area contributed by atoms with Gasteiger partial charge in [-0.15, -0.1) is 0 Å². The van der Waals surface area contributed by atoms with Crippen molar-refractivity contribution in [3.05, 3.63) is 16.0 Å². The van der Waals surface area contributed by atoms with Crippen molar-refractivity contribution in [1.82, 2.24) is 15.1 Å². The molecule has 0 aromatic carbocycles. The molecule has 6 heteroatoms. The van der Waals surface area contributed by atoms with Gasteiger partial charge >= 0.3 is 6.09 Å². The van der Waals surface area contributed by atoms with Crippen molar-refractivity contribution >= 4 is 28.7 Å². The summed E-state index contributed by atoms with van der Waals surface area (Å²) in [6.07, 6.45) is 3.93. The molecule has 1 heterocycles. The van der Waals surface area contributed by atoms with E-state index >= 15 is 0 Å². The zero-order valence-electron chi connectivity index (χ0n) is 11.5. The van der Waals surface area contributed by atoms with Crippen molar-refractivity contribution in [3.63, 3.8) is 0 Å². The van der Waals surface area contributed by atoms with E-state index in [1.807, 2.05) is 37.7 Å². The average Bonchev–Trinajstić information content (AvgIpc) is 3.00. The minimum Gasteiger partial charge on any atom is -0.444 e. The van der Waals surface area contributed by atoms with Gasteiger partial charge in [0.1, 0.15) is 9.30 Å². The van der Waals surface area contributed by atoms with Crippen molar-refractivity contribution in [2.24, 2.45) is 5.92 Å². The molecule has 0 radical (unpaired) electrons. The molecule has 0 saturated heterocycles. The van der Waals surface area contributed by atoms with Crippen molar-refractivity contribution in [2.75, 3.05) is 0 Å². The summed E-state index contributed by atoms with van der Waals surface area (Å²) in [6, 6.07) is 2.06. The maximum absolute atomic E-state index is 11.8. The van der Waals surface area contributed by atoms with Gasteiger partial charge in [0.05, 0.1) is 12.6 Å². The quantitative estimate of drug-likeness (QED) is 0.822. The van der Waals surface area contributed by atoms with E-state index in [1.54, 1.807) is 0 Å². The molecule has 1 N–H and O–H groups in total. The molecule has 5 nitrogen and oxygen atoms in total. The number of hydrogen-bond donors (Lipinski definition) is 1. The average molecular weight is 377 g/mol. The van der Waals surface area contributed by atoms with Gasteiger partial charge in [-0.2, -0.15) is 5.10 Å². The van der Waals surface area contributed by atoms with Crippen LogP contribution in [0.25, 0.3) is 0 Å². The molecule has 0 spiro atoms. The fourth-order valence-electron chi connectivity index (χ4n) is 1.91. The first-order valence-corrected chi connectivity index (χ1v) is 7.60. The number of nitrogens with zero attached hydrogens (tertiary/aromatic N) is 2. The molecular weight excluding hydrogens is 357 g/mol. The summed E-state index contributed by atoms with van der Waals surface area (Å²) in [4.78, 5) is 11.8. The Morgan fingerprint density at radius 1 is 1.63 bits per heavy atom. The van der Waals surface area contributed by atoms with Crippen molar-refractivity contribution < 1.29 is 9.53 Å². The van der Waals surface area contributed by atoms with Crippen LogP contribution in [0.3, 0.4) is 0 Å². The van der Waals surface area contributed by atoms with E-state index in [0.717, 1.165) is 3.70 Å². The van der Waals surface area contributed by atoms with E-state index in [2.05, 4.69) is 33.0 Å². The number of ether oxygens (including phenoxy) is 1. The highest BCUT2D eigenvalue weighted by Crippen LogP contribution is 2.33. The molecule has 1 amide bonds. The van der Waals surface area contributed by atoms with E-state index in [9.17, 15) is 4.79 Å². The molecule has 1 atom stereocenters. The van der Waals surface area contributed by atoms with Gasteiger partial charge in [-0.05, 0) is 68.2 Å². The molecule has 0 bridgehead atoms. The van der Waals surface area contributed by atoms with Gasteiger partial charge in [0.15, 0.2) is 0 Å². The van der Waals surface area contributed by atoms with E-state index in [1.165, 1.54) is 12.8 Å². The maximum atomic E-state index is 11.8. The predicted octanol–water partition coefficient (Wildman–Crippen LogP) is 2.79. The molecule has 2 rings (SSSR count). The first kappa shape index (κ1) is 14.6. The number of hydrogen-bond acceptors (Lipinski definition) is 3. The summed E-state index contributed by atoms with van der Waals surface area (Å²) in [5.74, 6) is 0.550. The summed E-state index contributed by atoms with van der Waals surface area (Å²) in [6.45, 7) is 6.31. The number of alkyl carbamates (subject to hydrolysis) is 1. The van der Waals surface area contributed by atoms with Gasteiger partial charge < -0.3 is 10.1 Å². The Hall–Kier alpha value is -0.790. The lowest BCUT2D eigenvalue weighted by molar-refractivity contribution is 0.0491. The highest BCUT2D eigenvalue weighted by atomic mass is 127. The topological polar surface area (TPSA) is 56.1 Å². The minimum absolute atomic E-state index is 0.102. The van der Waals surface area contributed by atoms with Crippen LogP contribution in [0.2, 0.25) is 0 Å². The molecule has 1 aliphatic rings. The van der Waals surface area contributed by atoms with Gasteiger partial charge in [-0.1, -0.05) is 0 Å². The Labute approximate surface area is 127 Å². The van der Waals surface area contributed by atoms with Crippen LogP contribution in [0.5, 0.6) is 0 Å². The lowest BCUT2D eigenvalue weighted by Gasteiger charge is -2.23. The van der Waals surface area contributed by atoms with E-state index in [4.69, 9.17) is 4.74 Å². The number of nitrogens with one attached hydrogen (secondary N) is 1. The largest absolute Gasteiger partial charge is 0.444 e. The van der Waals surface area contributed by atoms with Crippen LogP contribution in [0.4, 0.5) is 4.79 Å². The highest BCUT2D eigenvalue weighted by molar-refractivity contribution is 14.1. The highest BCUT2D eigenvalue weighted by Gasteiger charge is 2.33. The maximum Gasteiger partial charge on any atom is 0.407 e. The van der Waals surface area contributed by atoms with Crippen LogP contribution in [0, 0.1) is 9.62 Å². The Balaban J connectivity index is 1.91. The van der Waals surface area contributed by atoms with Gasteiger partial charge in [-0.25, -0.2) is 4.79 Å². The molecule has 1 aromatic rings. The van der Waals surface area contributed by atoms with Gasteiger partial charge in [0.2, 0.25) is 0 Å².